The Morgan fingerprint density at radius 2 is 1.25 bits per heavy atom. The third-order valence-electron chi connectivity index (χ3n) is 12.0. The topological polar surface area (TPSA) is 21.7 Å². The molecule has 2 heterocycles. The van der Waals surface area contributed by atoms with Gasteiger partial charge in [0, 0.05) is 41.4 Å². The Balaban J connectivity index is 1.23. The van der Waals surface area contributed by atoms with Crippen LogP contribution in [-0.2, 0) is 10.3 Å². The minimum atomic E-state index is -0.797. The summed E-state index contributed by atoms with van der Waals surface area (Å²) in [5.41, 5.74) is 14.2. The monoisotopic (exact) mass is 675 g/mol. The van der Waals surface area contributed by atoms with E-state index in [-0.39, 0.29) is 5.92 Å². The number of hydrogen-bond donors (Lipinski definition) is 0. The summed E-state index contributed by atoms with van der Waals surface area (Å²) in [4.78, 5) is 2.41. The fourth-order valence-corrected chi connectivity index (χ4v) is 9.29. The highest BCUT2D eigenvalue weighted by Crippen LogP contribution is 2.56. The average molecular weight is 676 g/mol. The molecule has 0 saturated carbocycles. The van der Waals surface area contributed by atoms with Gasteiger partial charge in [0.1, 0.15) is 5.75 Å². The Hall–Kier alpha value is -5.64. The van der Waals surface area contributed by atoms with Crippen LogP contribution < -0.4 is 9.64 Å². The minimum Gasteiger partial charge on any atom is -0.473 e. The van der Waals surface area contributed by atoms with Crippen molar-refractivity contribution < 1.29 is 9.47 Å². The molecule has 0 amide bonds. The number of nitrogens with zero attached hydrogens (tertiary/aromatic N) is 1. The van der Waals surface area contributed by atoms with Gasteiger partial charge < -0.3 is 14.4 Å². The summed E-state index contributed by atoms with van der Waals surface area (Å²) in [6.45, 7) is 10.1. The Morgan fingerprint density at radius 3 is 1.92 bits per heavy atom. The lowest BCUT2D eigenvalue weighted by molar-refractivity contribution is 0.122. The fraction of sp³-hybridized carbons (Fsp3) is 0.184. The van der Waals surface area contributed by atoms with Gasteiger partial charge in [0.15, 0.2) is 5.60 Å². The molecule has 0 bridgehead atoms. The van der Waals surface area contributed by atoms with E-state index in [9.17, 15) is 0 Å². The zero-order chi connectivity index (χ0) is 35.0. The lowest BCUT2D eigenvalue weighted by Gasteiger charge is -2.39. The smallest absolute Gasteiger partial charge is 0.178 e. The van der Waals surface area contributed by atoms with E-state index in [0.29, 0.717) is 0 Å². The highest BCUT2D eigenvalue weighted by molar-refractivity contribution is 6.15. The van der Waals surface area contributed by atoms with Crippen LogP contribution in [0.2, 0.25) is 0 Å². The molecule has 254 valence electrons. The van der Waals surface area contributed by atoms with Crippen molar-refractivity contribution in [3.8, 4) is 16.9 Å². The van der Waals surface area contributed by atoms with E-state index < -0.39 is 5.60 Å². The van der Waals surface area contributed by atoms with Crippen LogP contribution >= 0.6 is 0 Å². The molecular weight excluding hydrogens is 635 g/mol. The molecule has 10 rings (SSSR count). The number of anilines is 1. The van der Waals surface area contributed by atoms with Gasteiger partial charge in [-0.1, -0.05) is 121 Å². The fourth-order valence-electron chi connectivity index (χ4n) is 9.29. The first-order valence-electron chi connectivity index (χ1n) is 18.6. The average Bonchev–Trinajstić information content (AvgIpc) is 3.54. The first-order chi connectivity index (χ1) is 25.5. The van der Waals surface area contributed by atoms with E-state index in [1.165, 1.54) is 77.3 Å². The van der Waals surface area contributed by atoms with Crippen molar-refractivity contribution in [3.63, 3.8) is 0 Å². The number of morpholine rings is 1. The second-order valence-electron chi connectivity index (χ2n) is 14.7. The highest BCUT2D eigenvalue weighted by atomic mass is 16.5. The molecule has 0 radical (unpaired) electrons. The number of ether oxygens (including phenoxy) is 2. The molecule has 3 heteroatoms. The predicted octanol–water partition coefficient (Wildman–Crippen LogP) is 11.3. The molecule has 3 nitrogen and oxygen atoms in total. The number of hydrogen-bond acceptors (Lipinski definition) is 3. The molecule has 1 saturated heterocycles. The zero-order valence-electron chi connectivity index (χ0n) is 29.9. The molecule has 1 aliphatic carbocycles. The zero-order valence-corrected chi connectivity index (χ0v) is 29.9. The van der Waals surface area contributed by atoms with Crippen LogP contribution in [0.1, 0.15) is 56.0 Å². The summed E-state index contributed by atoms with van der Waals surface area (Å²) in [5, 5.41) is 5.35. The molecule has 7 aromatic carbocycles. The van der Waals surface area contributed by atoms with Crippen LogP contribution in [0.3, 0.4) is 0 Å². The first kappa shape index (κ1) is 31.1. The van der Waals surface area contributed by atoms with Gasteiger partial charge in [0.25, 0.3) is 0 Å². The molecule has 0 spiro atoms. The molecule has 0 N–H and O–H groups in total. The lowest BCUT2D eigenvalue weighted by atomic mass is 9.75. The summed E-state index contributed by atoms with van der Waals surface area (Å²) in [5.74, 6) is 1.02. The number of aryl methyl sites for hydroxylation is 1. The summed E-state index contributed by atoms with van der Waals surface area (Å²) in [6.07, 6.45) is 4.70. The van der Waals surface area contributed by atoms with E-state index in [2.05, 4.69) is 165 Å². The SMILES string of the molecule is Cc1ccccc1-c1c(C)c(C)c2c(c1C1c3cccc4ccc5cccc1c5c34)C=CC(c1ccccc1)(c1ccc(N3CCOCC3)cc1)O2. The maximum absolute atomic E-state index is 7.61. The molecule has 3 aliphatic rings. The number of fused-ring (bicyclic) bond motifs is 1. The second-order valence-corrected chi connectivity index (χ2v) is 14.7. The Kier molecular flexibility index (Phi) is 7.16. The molecule has 7 aromatic rings. The molecule has 0 aromatic heterocycles. The van der Waals surface area contributed by atoms with Crippen molar-refractivity contribution in [2.45, 2.75) is 32.3 Å². The van der Waals surface area contributed by atoms with Gasteiger partial charge in [0.05, 0.1) is 13.2 Å². The molecule has 1 fully saturated rings. The maximum Gasteiger partial charge on any atom is 0.178 e. The van der Waals surface area contributed by atoms with Gasteiger partial charge in [-0.3, -0.25) is 0 Å². The van der Waals surface area contributed by atoms with Crippen molar-refractivity contribution >= 4 is 33.3 Å². The van der Waals surface area contributed by atoms with Crippen LogP contribution in [0, 0.1) is 20.8 Å². The largest absolute Gasteiger partial charge is 0.473 e. The summed E-state index contributed by atoms with van der Waals surface area (Å²) in [6, 6.07) is 46.9. The Labute approximate surface area is 305 Å². The molecule has 1 unspecified atom stereocenters. The third kappa shape index (κ3) is 4.55. The summed E-state index contributed by atoms with van der Waals surface area (Å²) in [7, 11) is 0. The van der Waals surface area contributed by atoms with E-state index in [0.717, 1.165) is 43.2 Å². The third-order valence-corrected chi connectivity index (χ3v) is 12.0. The van der Waals surface area contributed by atoms with Crippen LogP contribution in [0.15, 0.2) is 133 Å². The Bertz CT molecular complexity index is 2500. The minimum absolute atomic E-state index is 0.0535. The van der Waals surface area contributed by atoms with Crippen molar-refractivity contribution in [2.75, 3.05) is 31.2 Å². The van der Waals surface area contributed by atoms with Crippen LogP contribution in [-0.4, -0.2) is 26.3 Å². The van der Waals surface area contributed by atoms with Crippen molar-refractivity contribution in [1.29, 1.82) is 0 Å². The van der Waals surface area contributed by atoms with E-state index in [4.69, 9.17) is 9.47 Å². The maximum atomic E-state index is 7.61. The van der Waals surface area contributed by atoms with Crippen LogP contribution in [0.4, 0.5) is 5.69 Å². The van der Waals surface area contributed by atoms with Crippen molar-refractivity contribution in [3.05, 3.63) is 184 Å². The van der Waals surface area contributed by atoms with Crippen molar-refractivity contribution in [2.24, 2.45) is 0 Å². The predicted molar refractivity (Wildman–Crippen MR) is 215 cm³/mol. The first-order valence-corrected chi connectivity index (χ1v) is 18.6. The standard InChI is InChI=1S/C49H41NO2/c1-31-11-7-8-16-39(31)43-32(2)33(3)48-42(47(43)46-40-17-9-12-34-19-20-35-13-10-18-41(46)45(35)44(34)40)25-26-49(52-48,36-14-5-4-6-15-36)37-21-23-38(24-22-37)50-27-29-51-30-28-50/h4-26,46H,27-30H2,1-3H3. The van der Waals surface area contributed by atoms with E-state index in [1.807, 2.05) is 0 Å². The number of rotatable bonds is 5. The normalized spacial score (nSPS) is 17.9. The summed E-state index contributed by atoms with van der Waals surface area (Å²) < 4.78 is 13.3. The lowest BCUT2D eigenvalue weighted by Crippen LogP contribution is -2.37. The van der Waals surface area contributed by atoms with Gasteiger partial charge in [-0.05, 0) is 105 Å². The quantitative estimate of drug-likeness (QED) is 0.170. The van der Waals surface area contributed by atoms with E-state index in [1.54, 1.807) is 0 Å². The second kappa shape index (κ2) is 12.0. The van der Waals surface area contributed by atoms with Gasteiger partial charge in [-0.25, -0.2) is 0 Å². The molecule has 52 heavy (non-hydrogen) atoms. The van der Waals surface area contributed by atoms with E-state index >= 15 is 0 Å². The van der Waals surface area contributed by atoms with Gasteiger partial charge >= 0.3 is 0 Å². The number of benzene rings is 7. The molecular formula is C49H41NO2. The van der Waals surface area contributed by atoms with Crippen LogP contribution in [0.25, 0.3) is 38.7 Å². The summed E-state index contributed by atoms with van der Waals surface area (Å²) >= 11 is 0. The molecule has 2 aliphatic heterocycles. The van der Waals surface area contributed by atoms with Gasteiger partial charge in [-0.15, -0.1) is 0 Å². The van der Waals surface area contributed by atoms with Gasteiger partial charge in [0.2, 0.25) is 0 Å². The molecule has 1 atom stereocenters. The van der Waals surface area contributed by atoms with Crippen molar-refractivity contribution in [1.82, 2.24) is 0 Å². The highest BCUT2D eigenvalue weighted by Gasteiger charge is 2.41. The Morgan fingerprint density at radius 1 is 0.615 bits per heavy atom. The van der Waals surface area contributed by atoms with Crippen LogP contribution in [0.5, 0.6) is 5.75 Å². The van der Waals surface area contributed by atoms with Gasteiger partial charge in [-0.2, -0.15) is 0 Å².